The van der Waals surface area contributed by atoms with Gasteiger partial charge in [-0.05, 0) is 49.9 Å². The van der Waals surface area contributed by atoms with Gasteiger partial charge in [-0.2, -0.15) is 0 Å². The lowest BCUT2D eigenvalue weighted by molar-refractivity contribution is -0.154. The average Bonchev–Trinajstić information content (AvgIpc) is 3.26. The van der Waals surface area contributed by atoms with Crippen LogP contribution in [0.15, 0.2) is 0 Å². The van der Waals surface area contributed by atoms with Crippen molar-refractivity contribution in [2.24, 2.45) is 16.7 Å². The molecular formula is C27H41N3O8. The summed E-state index contributed by atoms with van der Waals surface area (Å²) >= 11 is 0. The highest BCUT2D eigenvalue weighted by Crippen LogP contribution is 2.49. The monoisotopic (exact) mass is 535 g/mol. The lowest BCUT2D eigenvalue weighted by Crippen LogP contribution is -2.45. The fraction of sp³-hybridized carbons (Fsp3) is 0.778. The lowest BCUT2D eigenvalue weighted by atomic mass is 9.60. The van der Waals surface area contributed by atoms with Crippen molar-refractivity contribution >= 4 is 35.7 Å². The highest BCUT2D eigenvalue weighted by molar-refractivity contribution is 6.02. The van der Waals surface area contributed by atoms with Crippen LogP contribution in [0.25, 0.3) is 0 Å². The molecule has 3 aliphatic rings. The Hall–Kier alpha value is -2.98. The molecule has 0 bridgehead atoms. The molecule has 11 heteroatoms. The zero-order valence-corrected chi connectivity index (χ0v) is 23.2. The van der Waals surface area contributed by atoms with Crippen LogP contribution in [0.1, 0.15) is 86.0 Å². The second kappa shape index (κ2) is 11.8. The third-order valence-corrected chi connectivity index (χ3v) is 7.47. The number of esters is 1. The Bertz CT molecular complexity index is 947. The van der Waals surface area contributed by atoms with Crippen LogP contribution < -0.4 is 5.32 Å². The quantitative estimate of drug-likeness (QED) is 0.333. The SMILES string of the molecule is CC(CN1C(=O)CCC1=O)OC(=O)CC1CC(C)(C)CC(C)(CNC(=O)OC(C)CN2C(=O)CCC2=O)C1. The summed E-state index contributed by atoms with van der Waals surface area (Å²) in [6.07, 6.45) is 1.54. The molecule has 11 nitrogen and oxygen atoms in total. The first-order chi connectivity index (χ1) is 17.7. The van der Waals surface area contributed by atoms with E-state index in [0.717, 1.165) is 22.6 Å². The molecule has 4 atom stereocenters. The molecule has 2 aliphatic heterocycles. The highest BCUT2D eigenvalue weighted by atomic mass is 16.6. The number of alkyl carbamates (subject to hydrolysis) is 1. The molecule has 0 radical (unpaired) electrons. The minimum Gasteiger partial charge on any atom is -0.461 e. The lowest BCUT2D eigenvalue weighted by Gasteiger charge is -2.46. The molecule has 3 rings (SSSR count). The van der Waals surface area contributed by atoms with E-state index < -0.39 is 18.3 Å². The van der Waals surface area contributed by atoms with Crippen molar-refractivity contribution in [2.45, 2.75) is 98.2 Å². The molecular weight excluding hydrogens is 494 g/mol. The molecule has 3 fully saturated rings. The Kier molecular flexibility index (Phi) is 9.20. The summed E-state index contributed by atoms with van der Waals surface area (Å²) < 4.78 is 10.9. The summed E-state index contributed by atoms with van der Waals surface area (Å²) in [7, 11) is 0. The van der Waals surface area contributed by atoms with E-state index in [1.54, 1.807) is 13.8 Å². The zero-order chi connectivity index (χ0) is 28.3. The normalized spacial score (nSPS) is 26.9. The number of rotatable bonds is 10. The van der Waals surface area contributed by atoms with E-state index in [1.165, 1.54) is 0 Å². The number of likely N-dealkylation sites (tertiary alicyclic amines) is 2. The van der Waals surface area contributed by atoms with Crippen molar-refractivity contribution in [2.75, 3.05) is 19.6 Å². The van der Waals surface area contributed by atoms with E-state index in [-0.39, 0.29) is 91.5 Å². The minimum absolute atomic E-state index is 0.0398. The molecule has 2 heterocycles. The predicted molar refractivity (Wildman–Crippen MR) is 135 cm³/mol. The molecule has 2 saturated heterocycles. The average molecular weight is 536 g/mol. The number of nitrogens with one attached hydrogen (secondary N) is 1. The molecule has 0 aromatic rings. The molecule has 1 N–H and O–H groups in total. The predicted octanol–water partition coefficient (Wildman–Crippen LogP) is 2.55. The molecule has 212 valence electrons. The molecule has 1 aliphatic carbocycles. The third-order valence-electron chi connectivity index (χ3n) is 7.47. The standard InChI is InChI=1S/C27H41N3O8/c1-17(13-29-20(31)6-7-21(29)32)37-24(35)10-19-11-26(3,4)15-27(5,12-19)16-28-25(36)38-18(2)14-30-22(33)8-9-23(30)34/h17-19H,6-16H2,1-5H3,(H,28,36). The van der Waals surface area contributed by atoms with Crippen molar-refractivity contribution in [1.29, 1.82) is 0 Å². The van der Waals surface area contributed by atoms with Gasteiger partial charge in [0.2, 0.25) is 23.6 Å². The van der Waals surface area contributed by atoms with Crippen LogP contribution in [-0.4, -0.2) is 77.3 Å². The number of carbonyl (C=O) groups excluding carboxylic acids is 6. The number of ether oxygens (including phenoxy) is 2. The van der Waals surface area contributed by atoms with Gasteiger partial charge in [0.25, 0.3) is 0 Å². The van der Waals surface area contributed by atoms with E-state index in [9.17, 15) is 28.8 Å². The van der Waals surface area contributed by atoms with E-state index in [0.29, 0.717) is 13.0 Å². The van der Waals surface area contributed by atoms with Gasteiger partial charge in [0.15, 0.2) is 0 Å². The maximum atomic E-state index is 12.7. The molecule has 4 unspecified atom stereocenters. The van der Waals surface area contributed by atoms with Crippen molar-refractivity contribution < 1.29 is 38.2 Å². The molecule has 1 saturated carbocycles. The molecule has 0 spiro atoms. The Labute approximate surface area is 223 Å². The summed E-state index contributed by atoms with van der Waals surface area (Å²) in [6, 6.07) is 0. The first-order valence-electron chi connectivity index (χ1n) is 13.5. The number of hydrogen-bond donors (Lipinski definition) is 1. The maximum absolute atomic E-state index is 12.7. The number of nitrogens with zero attached hydrogens (tertiary/aromatic N) is 2. The summed E-state index contributed by atoms with van der Waals surface area (Å²) in [5, 5.41) is 2.83. The summed E-state index contributed by atoms with van der Waals surface area (Å²) in [5.74, 6) is -1.29. The third kappa shape index (κ3) is 8.01. The van der Waals surface area contributed by atoms with Crippen LogP contribution in [0.2, 0.25) is 0 Å². The number of imide groups is 2. The second-order valence-corrected chi connectivity index (χ2v) is 12.3. The number of hydrogen-bond acceptors (Lipinski definition) is 8. The van der Waals surface area contributed by atoms with Gasteiger partial charge in [-0.15, -0.1) is 0 Å². The van der Waals surface area contributed by atoms with Gasteiger partial charge in [0, 0.05) is 38.6 Å². The summed E-state index contributed by atoms with van der Waals surface area (Å²) in [6.45, 7) is 10.1. The van der Waals surface area contributed by atoms with Crippen molar-refractivity contribution in [3.05, 3.63) is 0 Å². The molecule has 0 aromatic heterocycles. The Morgan fingerprint density at radius 2 is 1.32 bits per heavy atom. The van der Waals surface area contributed by atoms with E-state index in [1.807, 2.05) is 0 Å². The van der Waals surface area contributed by atoms with Crippen LogP contribution in [-0.2, 0) is 33.4 Å². The van der Waals surface area contributed by atoms with Gasteiger partial charge in [-0.1, -0.05) is 20.8 Å². The van der Waals surface area contributed by atoms with Crippen molar-refractivity contribution in [3.63, 3.8) is 0 Å². The van der Waals surface area contributed by atoms with E-state index in [4.69, 9.17) is 9.47 Å². The van der Waals surface area contributed by atoms with Gasteiger partial charge in [-0.3, -0.25) is 33.8 Å². The van der Waals surface area contributed by atoms with E-state index in [2.05, 4.69) is 26.1 Å². The van der Waals surface area contributed by atoms with Gasteiger partial charge < -0.3 is 14.8 Å². The fourth-order valence-corrected chi connectivity index (χ4v) is 6.39. The number of amides is 5. The van der Waals surface area contributed by atoms with Crippen LogP contribution in [0, 0.1) is 16.7 Å². The topological polar surface area (TPSA) is 139 Å². The maximum Gasteiger partial charge on any atom is 0.407 e. The van der Waals surface area contributed by atoms with Crippen LogP contribution in [0.4, 0.5) is 4.79 Å². The van der Waals surface area contributed by atoms with Crippen LogP contribution in [0.3, 0.4) is 0 Å². The van der Waals surface area contributed by atoms with E-state index >= 15 is 0 Å². The Morgan fingerprint density at radius 1 is 0.842 bits per heavy atom. The highest BCUT2D eigenvalue weighted by Gasteiger charge is 2.42. The van der Waals surface area contributed by atoms with Gasteiger partial charge in [0.05, 0.1) is 13.1 Å². The van der Waals surface area contributed by atoms with Gasteiger partial charge in [0.1, 0.15) is 12.2 Å². The minimum atomic E-state index is -0.632. The molecule has 0 aromatic carbocycles. The first-order valence-corrected chi connectivity index (χ1v) is 13.5. The summed E-state index contributed by atoms with van der Waals surface area (Å²) in [5.41, 5.74) is -0.344. The summed E-state index contributed by atoms with van der Waals surface area (Å²) in [4.78, 5) is 74.7. The molecule has 38 heavy (non-hydrogen) atoms. The zero-order valence-electron chi connectivity index (χ0n) is 23.2. The Balaban J connectivity index is 1.47. The largest absolute Gasteiger partial charge is 0.461 e. The van der Waals surface area contributed by atoms with Crippen LogP contribution in [0.5, 0.6) is 0 Å². The fourth-order valence-electron chi connectivity index (χ4n) is 6.39. The smallest absolute Gasteiger partial charge is 0.407 e. The first kappa shape index (κ1) is 29.6. The van der Waals surface area contributed by atoms with Gasteiger partial charge >= 0.3 is 12.1 Å². The molecule has 5 amide bonds. The second-order valence-electron chi connectivity index (χ2n) is 12.3. The van der Waals surface area contributed by atoms with Crippen molar-refractivity contribution in [1.82, 2.24) is 15.1 Å². The number of carbonyl (C=O) groups is 6. The Morgan fingerprint density at radius 3 is 1.82 bits per heavy atom. The van der Waals surface area contributed by atoms with Crippen molar-refractivity contribution in [3.8, 4) is 0 Å². The van der Waals surface area contributed by atoms with Crippen LogP contribution >= 0.6 is 0 Å². The van der Waals surface area contributed by atoms with Gasteiger partial charge in [-0.25, -0.2) is 4.79 Å².